The number of hydrogen-bond donors (Lipinski definition) is 3. The van der Waals surface area contributed by atoms with Crippen molar-refractivity contribution < 1.29 is 0 Å². The second-order valence-electron chi connectivity index (χ2n) is 6.12. The molecule has 1 aromatic heterocycles. The second kappa shape index (κ2) is 10.2. The van der Waals surface area contributed by atoms with E-state index in [9.17, 15) is 0 Å². The third-order valence-corrected chi connectivity index (χ3v) is 4.46. The van der Waals surface area contributed by atoms with Crippen molar-refractivity contribution in [1.29, 1.82) is 0 Å². The fraction of sp³-hybridized carbons (Fsp3) is 0.0417. The van der Waals surface area contributed by atoms with E-state index < -0.39 is 0 Å². The van der Waals surface area contributed by atoms with Crippen LogP contribution in [-0.2, 0) is 0 Å². The summed E-state index contributed by atoms with van der Waals surface area (Å²) < 4.78 is 0. The van der Waals surface area contributed by atoms with Crippen LogP contribution in [-0.4, -0.2) is 4.98 Å². The average molecular weight is 388 g/mol. The molecule has 2 rings (SSSR count). The molecule has 3 nitrogen and oxygen atoms in total. The van der Waals surface area contributed by atoms with E-state index in [1.54, 1.807) is 30.5 Å². The van der Waals surface area contributed by atoms with Crippen molar-refractivity contribution in [3.8, 4) is 0 Å². The van der Waals surface area contributed by atoms with E-state index in [1.165, 1.54) is 0 Å². The van der Waals surface area contributed by atoms with Crippen molar-refractivity contribution >= 4 is 23.8 Å². The van der Waals surface area contributed by atoms with E-state index in [0.717, 1.165) is 32.9 Å². The monoisotopic (exact) mass is 387 g/mol. The summed E-state index contributed by atoms with van der Waals surface area (Å²) in [6, 6.07) is 13.6. The second-order valence-corrected chi connectivity index (χ2v) is 6.64. The molecule has 0 amide bonds. The summed E-state index contributed by atoms with van der Waals surface area (Å²) >= 11 is 4.37. The van der Waals surface area contributed by atoms with Gasteiger partial charge in [0.2, 0.25) is 0 Å². The number of thiol groups is 1. The highest BCUT2D eigenvalue weighted by Crippen LogP contribution is 2.30. The van der Waals surface area contributed by atoms with Gasteiger partial charge in [-0.3, -0.25) is 4.98 Å². The van der Waals surface area contributed by atoms with Crippen molar-refractivity contribution in [2.24, 2.45) is 11.5 Å². The molecule has 0 saturated carbocycles. The molecule has 0 atom stereocenters. The Hall–Kier alpha value is -3.24. The lowest BCUT2D eigenvalue weighted by Gasteiger charge is -2.13. The molecule has 0 aliphatic carbocycles. The van der Waals surface area contributed by atoms with Crippen LogP contribution < -0.4 is 11.5 Å². The highest BCUT2D eigenvalue weighted by atomic mass is 32.1. The van der Waals surface area contributed by atoms with Gasteiger partial charge in [-0.15, -0.1) is 12.6 Å². The Kier molecular flexibility index (Phi) is 7.66. The number of pyridine rings is 1. The summed E-state index contributed by atoms with van der Waals surface area (Å²) in [6.07, 6.45) is 10.6. The Bertz CT molecular complexity index is 963. The van der Waals surface area contributed by atoms with Crippen LogP contribution in [0.5, 0.6) is 0 Å². The maximum atomic E-state index is 6.26. The van der Waals surface area contributed by atoms with Crippen LogP contribution in [0.4, 0.5) is 0 Å². The normalized spacial score (nSPS) is 13.4. The molecule has 0 fully saturated rings. The van der Waals surface area contributed by atoms with Gasteiger partial charge in [-0.2, -0.15) is 0 Å². The topological polar surface area (TPSA) is 64.9 Å². The number of hydrogen-bond acceptors (Lipinski definition) is 4. The van der Waals surface area contributed by atoms with Gasteiger partial charge in [-0.1, -0.05) is 49.6 Å². The summed E-state index contributed by atoms with van der Waals surface area (Å²) in [7, 11) is 0. The molecule has 4 N–H and O–H groups in total. The van der Waals surface area contributed by atoms with E-state index in [0.29, 0.717) is 11.4 Å². The van der Waals surface area contributed by atoms with Crippen molar-refractivity contribution in [2.75, 3.05) is 0 Å². The average Bonchev–Trinajstić information content (AvgIpc) is 2.72. The smallest absolute Gasteiger partial charge is 0.0698 e. The van der Waals surface area contributed by atoms with Crippen LogP contribution in [0.3, 0.4) is 0 Å². The number of rotatable bonds is 7. The molecule has 28 heavy (non-hydrogen) atoms. The minimum Gasteiger partial charge on any atom is -0.397 e. The fourth-order valence-electron chi connectivity index (χ4n) is 2.52. The lowest BCUT2D eigenvalue weighted by molar-refractivity contribution is 1.24. The minimum atomic E-state index is 0.465. The summed E-state index contributed by atoms with van der Waals surface area (Å²) in [5.41, 5.74) is 17.8. The largest absolute Gasteiger partial charge is 0.397 e. The predicted octanol–water partition coefficient (Wildman–Crippen LogP) is 5.28. The first-order valence-electron chi connectivity index (χ1n) is 8.77. The number of nitrogens with two attached hydrogens (primary N) is 2. The molecule has 2 aromatic rings. The van der Waals surface area contributed by atoms with Gasteiger partial charge in [0, 0.05) is 11.1 Å². The zero-order valence-electron chi connectivity index (χ0n) is 16.0. The summed E-state index contributed by atoms with van der Waals surface area (Å²) in [4.78, 5) is 5.29. The van der Waals surface area contributed by atoms with Crippen molar-refractivity contribution in [2.45, 2.75) is 11.8 Å². The lowest BCUT2D eigenvalue weighted by Crippen LogP contribution is -2.09. The first-order chi connectivity index (χ1) is 13.4. The maximum absolute atomic E-state index is 6.26. The fourth-order valence-corrected chi connectivity index (χ4v) is 2.67. The van der Waals surface area contributed by atoms with E-state index in [1.807, 2.05) is 55.5 Å². The lowest BCUT2D eigenvalue weighted by atomic mass is 9.93. The van der Waals surface area contributed by atoms with Gasteiger partial charge in [0.25, 0.3) is 0 Å². The third kappa shape index (κ3) is 5.63. The van der Waals surface area contributed by atoms with Gasteiger partial charge in [0.05, 0.1) is 17.1 Å². The van der Waals surface area contributed by atoms with Gasteiger partial charge < -0.3 is 11.5 Å². The molecule has 0 aliphatic heterocycles. The van der Waals surface area contributed by atoms with Crippen LogP contribution in [0.15, 0.2) is 114 Å². The van der Waals surface area contributed by atoms with Gasteiger partial charge in [0.1, 0.15) is 0 Å². The van der Waals surface area contributed by atoms with Crippen LogP contribution in [0.1, 0.15) is 18.2 Å². The molecule has 4 heteroatoms. The molecule has 0 saturated heterocycles. The van der Waals surface area contributed by atoms with E-state index in [4.69, 9.17) is 11.5 Å². The molecule has 0 aliphatic rings. The molecule has 142 valence electrons. The SMILES string of the molecule is C=C\C=C/C=C(N)/C(N)=C/C(=C(/C)C(=C)c1ccccn1)c1ccc(S)cc1. The van der Waals surface area contributed by atoms with E-state index >= 15 is 0 Å². The number of allylic oxidation sites excluding steroid dienone is 8. The molecule has 0 bridgehead atoms. The number of nitrogens with zero attached hydrogens (tertiary/aromatic N) is 1. The molecular formula is C24H25N3S. The molecule has 0 radical (unpaired) electrons. The van der Waals surface area contributed by atoms with Gasteiger partial charge in [-0.25, -0.2) is 0 Å². The number of benzene rings is 1. The van der Waals surface area contributed by atoms with Crippen molar-refractivity contribution in [3.05, 3.63) is 120 Å². The van der Waals surface area contributed by atoms with Crippen molar-refractivity contribution in [3.63, 3.8) is 0 Å². The van der Waals surface area contributed by atoms with Crippen molar-refractivity contribution in [1.82, 2.24) is 4.98 Å². The van der Waals surface area contributed by atoms with Gasteiger partial charge in [-0.05, 0) is 65.6 Å². The Morgan fingerprint density at radius 3 is 2.36 bits per heavy atom. The van der Waals surface area contributed by atoms with E-state index in [-0.39, 0.29) is 0 Å². The Balaban J connectivity index is 2.57. The highest BCUT2D eigenvalue weighted by molar-refractivity contribution is 7.80. The first-order valence-corrected chi connectivity index (χ1v) is 9.22. The number of aromatic nitrogens is 1. The van der Waals surface area contributed by atoms with Gasteiger partial charge >= 0.3 is 0 Å². The predicted molar refractivity (Wildman–Crippen MR) is 123 cm³/mol. The van der Waals surface area contributed by atoms with Gasteiger partial charge in [0.15, 0.2) is 0 Å². The van der Waals surface area contributed by atoms with Crippen LogP contribution in [0.25, 0.3) is 11.1 Å². The maximum Gasteiger partial charge on any atom is 0.0698 e. The summed E-state index contributed by atoms with van der Waals surface area (Å²) in [5, 5.41) is 0. The Morgan fingerprint density at radius 2 is 1.75 bits per heavy atom. The third-order valence-electron chi connectivity index (χ3n) is 4.17. The molecule has 1 aromatic carbocycles. The molecular weight excluding hydrogens is 362 g/mol. The highest BCUT2D eigenvalue weighted by Gasteiger charge is 2.11. The summed E-state index contributed by atoms with van der Waals surface area (Å²) in [5.74, 6) is 0. The van der Waals surface area contributed by atoms with Crippen LogP contribution in [0, 0.1) is 0 Å². The first kappa shape index (κ1) is 21.1. The zero-order valence-corrected chi connectivity index (χ0v) is 16.9. The van der Waals surface area contributed by atoms with E-state index in [2.05, 4.69) is 30.8 Å². The summed E-state index contributed by atoms with van der Waals surface area (Å²) in [6.45, 7) is 9.87. The zero-order chi connectivity index (χ0) is 20.5. The molecule has 0 unspecified atom stereocenters. The Morgan fingerprint density at radius 1 is 1.04 bits per heavy atom. The van der Waals surface area contributed by atoms with Crippen LogP contribution in [0.2, 0.25) is 0 Å². The minimum absolute atomic E-state index is 0.465. The standard InChI is InChI=1S/C24H25N3S/c1-4-5-6-9-22(25)23(26)16-21(19-11-13-20(28)14-12-19)17(2)18(3)24-10-7-8-15-27-24/h4-16,28H,1,3,25-26H2,2H3/b6-5-,21-17+,22-9-,23-16-. The molecule has 1 heterocycles. The van der Waals surface area contributed by atoms with Crippen LogP contribution >= 0.6 is 12.6 Å². The Labute approximate surface area is 172 Å². The quantitative estimate of drug-likeness (QED) is 0.447. The molecule has 0 spiro atoms.